The van der Waals surface area contributed by atoms with Gasteiger partial charge < -0.3 is 10.1 Å². The SMILES string of the molecule is COc1ccc(NC(=S)NC(=O)c2ccc(Cl)cc2)cc1Cl. The smallest absolute Gasteiger partial charge is 0.257 e. The van der Waals surface area contributed by atoms with Crippen molar-refractivity contribution >= 4 is 52.1 Å². The van der Waals surface area contributed by atoms with Crippen molar-refractivity contribution in [1.82, 2.24) is 5.32 Å². The lowest BCUT2D eigenvalue weighted by atomic mass is 10.2. The molecule has 0 aromatic heterocycles. The van der Waals surface area contributed by atoms with Crippen LogP contribution in [0, 0.1) is 0 Å². The Morgan fingerprint density at radius 1 is 1.14 bits per heavy atom. The molecule has 0 saturated heterocycles. The van der Waals surface area contributed by atoms with Crippen molar-refractivity contribution in [2.75, 3.05) is 12.4 Å². The lowest BCUT2D eigenvalue weighted by Crippen LogP contribution is -2.34. The molecule has 114 valence electrons. The summed E-state index contributed by atoms with van der Waals surface area (Å²) in [5.74, 6) is 0.233. The van der Waals surface area contributed by atoms with E-state index in [9.17, 15) is 4.79 Å². The molecule has 2 rings (SSSR count). The van der Waals surface area contributed by atoms with Crippen molar-refractivity contribution in [2.24, 2.45) is 0 Å². The van der Waals surface area contributed by atoms with Gasteiger partial charge in [-0.25, -0.2) is 0 Å². The lowest BCUT2D eigenvalue weighted by molar-refractivity contribution is 0.0978. The summed E-state index contributed by atoms with van der Waals surface area (Å²) >= 11 is 16.9. The van der Waals surface area contributed by atoms with E-state index < -0.39 is 0 Å². The fourth-order valence-electron chi connectivity index (χ4n) is 1.68. The molecule has 0 spiro atoms. The minimum Gasteiger partial charge on any atom is -0.495 e. The number of benzene rings is 2. The molecular formula is C15H12Cl2N2O2S. The van der Waals surface area contributed by atoms with E-state index in [0.717, 1.165) is 0 Å². The Hall–Kier alpha value is -1.82. The summed E-state index contributed by atoms with van der Waals surface area (Å²) in [7, 11) is 1.53. The van der Waals surface area contributed by atoms with Crippen LogP contribution in [0.1, 0.15) is 10.4 Å². The maximum atomic E-state index is 12.0. The van der Waals surface area contributed by atoms with Crippen molar-refractivity contribution in [1.29, 1.82) is 0 Å². The van der Waals surface area contributed by atoms with Crippen molar-refractivity contribution in [3.8, 4) is 5.75 Å². The van der Waals surface area contributed by atoms with E-state index in [-0.39, 0.29) is 11.0 Å². The zero-order chi connectivity index (χ0) is 16.1. The van der Waals surface area contributed by atoms with Gasteiger partial charge in [0.05, 0.1) is 12.1 Å². The first-order chi connectivity index (χ1) is 10.5. The molecule has 1 amide bonds. The van der Waals surface area contributed by atoms with Crippen molar-refractivity contribution < 1.29 is 9.53 Å². The molecule has 0 aliphatic heterocycles. The summed E-state index contributed by atoms with van der Waals surface area (Å²) in [5, 5.41) is 6.63. The number of nitrogens with one attached hydrogen (secondary N) is 2. The maximum Gasteiger partial charge on any atom is 0.257 e. The van der Waals surface area contributed by atoms with E-state index in [2.05, 4.69) is 10.6 Å². The average molecular weight is 355 g/mol. The molecule has 0 atom stereocenters. The Morgan fingerprint density at radius 2 is 1.82 bits per heavy atom. The fraction of sp³-hybridized carbons (Fsp3) is 0.0667. The highest BCUT2D eigenvalue weighted by Crippen LogP contribution is 2.27. The summed E-state index contributed by atoms with van der Waals surface area (Å²) < 4.78 is 5.06. The van der Waals surface area contributed by atoms with Gasteiger partial charge in [-0.05, 0) is 54.7 Å². The number of hydrogen-bond acceptors (Lipinski definition) is 3. The fourth-order valence-corrected chi connectivity index (χ4v) is 2.28. The van der Waals surface area contributed by atoms with Gasteiger partial charge in [-0.15, -0.1) is 0 Å². The zero-order valence-corrected chi connectivity index (χ0v) is 13.9. The van der Waals surface area contributed by atoms with E-state index >= 15 is 0 Å². The molecule has 7 heteroatoms. The molecule has 0 bridgehead atoms. The molecular weight excluding hydrogens is 343 g/mol. The van der Waals surface area contributed by atoms with Crippen LogP contribution < -0.4 is 15.4 Å². The van der Waals surface area contributed by atoms with Crippen LogP contribution in [-0.2, 0) is 0 Å². The Kier molecular flexibility index (Phi) is 5.60. The number of carbonyl (C=O) groups is 1. The summed E-state index contributed by atoms with van der Waals surface area (Å²) in [5.41, 5.74) is 1.11. The van der Waals surface area contributed by atoms with Crippen LogP contribution in [0.4, 0.5) is 5.69 Å². The monoisotopic (exact) mass is 354 g/mol. The first-order valence-corrected chi connectivity index (χ1v) is 7.37. The van der Waals surface area contributed by atoms with Crippen LogP contribution in [0.3, 0.4) is 0 Å². The minimum absolute atomic E-state index is 0.168. The molecule has 4 nitrogen and oxygen atoms in total. The second-order valence-electron chi connectivity index (χ2n) is 4.26. The van der Waals surface area contributed by atoms with Crippen LogP contribution in [0.5, 0.6) is 5.75 Å². The number of ether oxygens (including phenoxy) is 1. The molecule has 2 aromatic carbocycles. The van der Waals surface area contributed by atoms with E-state index in [1.807, 2.05) is 0 Å². The van der Waals surface area contributed by atoms with Gasteiger partial charge in [0.1, 0.15) is 5.75 Å². The van der Waals surface area contributed by atoms with Gasteiger partial charge >= 0.3 is 0 Å². The van der Waals surface area contributed by atoms with Gasteiger partial charge in [0, 0.05) is 16.3 Å². The molecule has 22 heavy (non-hydrogen) atoms. The molecule has 0 radical (unpaired) electrons. The number of hydrogen-bond donors (Lipinski definition) is 2. The first kappa shape index (κ1) is 16.5. The van der Waals surface area contributed by atoms with E-state index in [1.54, 1.807) is 42.5 Å². The highest BCUT2D eigenvalue weighted by atomic mass is 35.5. The molecule has 0 aliphatic rings. The Labute approximate surface area is 143 Å². The predicted octanol–water partition coefficient (Wildman–Crippen LogP) is 4.13. The highest BCUT2D eigenvalue weighted by Gasteiger charge is 2.09. The number of anilines is 1. The molecule has 0 saturated carbocycles. The van der Waals surface area contributed by atoms with Crippen LogP contribution in [0.25, 0.3) is 0 Å². The lowest BCUT2D eigenvalue weighted by Gasteiger charge is -2.11. The Balaban J connectivity index is 1.99. The third-order valence-electron chi connectivity index (χ3n) is 2.74. The normalized spacial score (nSPS) is 9.95. The van der Waals surface area contributed by atoms with Crippen LogP contribution in [0.2, 0.25) is 10.0 Å². The molecule has 2 N–H and O–H groups in total. The van der Waals surface area contributed by atoms with E-state index in [0.29, 0.717) is 27.0 Å². The van der Waals surface area contributed by atoms with Gasteiger partial charge in [-0.3, -0.25) is 10.1 Å². The Morgan fingerprint density at radius 3 is 2.41 bits per heavy atom. The van der Waals surface area contributed by atoms with E-state index in [4.69, 9.17) is 40.2 Å². The van der Waals surface area contributed by atoms with Gasteiger partial charge in [0.15, 0.2) is 5.11 Å². The number of carbonyl (C=O) groups excluding carboxylic acids is 1. The summed E-state index contributed by atoms with van der Waals surface area (Å²) in [6, 6.07) is 11.6. The summed E-state index contributed by atoms with van der Waals surface area (Å²) in [6.45, 7) is 0. The minimum atomic E-state index is -0.325. The predicted molar refractivity (Wildman–Crippen MR) is 93.1 cm³/mol. The summed E-state index contributed by atoms with van der Waals surface area (Å²) in [4.78, 5) is 12.0. The van der Waals surface area contributed by atoms with Crippen LogP contribution in [-0.4, -0.2) is 18.1 Å². The first-order valence-electron chi connectivity index (χ1n) is 6.21. The van der Waals surface area contributed by atoms with Crippen LogP contribution >= 0.6 is 35.4 Å². The Bertz CT molecular complexity index is 705. The standard InChI is InChI=1S/C15H12Cl2N2O2S/c1-21-13-7-6-11(8-12(13)17)18-15(22)19-14(20)9-2-4-10(16)5-3-9/h2-8H,1H3,(H2,18,19,20,22). The topological polar surface area (TPSA) is 50.4 Å². The number of amides is 1. The molecule has 0 aliphatic carbocycles. The molecule has 0 fully saturated rings. The molecule has 2 aromatic rings. The van der Waals surface area contributed by atoms with Crippen LogP contribution in [0.15, 0.2) is 42.5 Å². The van der Waals surface area contributed by atoms with Crippen molar-refractivity contribution in [3.63, 3.8) is 0 Å². The second kappa shape index (κ2) is 7.45. The van der Waals surface area contributed by atoms with Gasteiger partial charge in [-0.2, -0.15) is 0 Å². The number of methoxy groups -OCH3 is 1. The average Bonchev–Trinajstić information content (AvgIpc) is 2.48. The number of thiocarbonyl (C=S) groups is 1. The van der Waals surface area contributed by atoms with E-state index in [1.165, 1.54) is 7.11 Å². The largest absolute Gasteiger partial charge is 0.495 e. The van der Waals surface area contributed by atoms with Gasteiger partial charge in [-0.1, -0.05) is 23.2 Å². The zero-order valence-electron chi connectivity index (χ0n) is 11.5. The number of halogens is 2. The second-order valence-corrected chi connectivity index (χ2v) is 5.52. The highest BCUT2D eigenvalue weighted by molar-refractivity contribution is 7.80. The molecule has 0 heterocycles. The van der Waals surface area contributed by atoms with Gasteiger partial charge in [0.25, 0.3) is 5.91 Å². The van der Waals surface area contributed by atoms with Crippen molar-refractivity contribution in [3.05, 3.63) is 58.1 Å². The molecule has 0 unspecified atom stereocenters. The maximum absolute atomic E-state index is 12.0. The quantitative estimate of drug-likeness (QED) is 0.813. The summed E-state index contributed by atoms with van der Waals surface area (Å²) in [6.07, 6.45) is 0. The third kappa shape index (κ3) is 4.34. The van der Waals surface area contributed by atoms with Crippen molar-refractivity contribution in [2.45, 2.75) is 0 Å². The van der Waals surface area contributed by atoms with Gasteiger partial charge in [0.2, 0.25) is 0 Å². The third-order valence-corrected chi connectivity index (χ3v) is 3.49. The number of rotatable bonds is 3.